The van der Waals surface area contributed by atoms with Crippen LogP contribution in [0.3, 0.4) is 0 Å². The Labute approximate surface area is 103 Å². The van der Waals surface area contributed by atoms with Gasteiger partial charge in [-0.25, -0.2) is 0 Å². The fraction of sp³-hybridized carbons (Fsp3) is 0.167. The molecule has 0 bridgehead atoms. The summed E-state index contributed by atoms with van der Waals surface area (Å²) in [5, 5.41) is 3.51. The predicted molar refractivity (Wildman–Crippen MR) is 64.5 cm³/mol. The first-order valence-electron chi connectivity index (χ1n) is 5.51. The Balaban J connectivity index is 1.96. The van der Waals surface area contributed by atoms with Crippen molar-refractivity contribution in [1.82, 2.24) is 5.16 Å². The van der Waals surface area contributed by atoms with Gasteiger partial charge in [-0.15, -0.1) is 0 Å². The summed E-state index contributed by atoms with van der Waals surface area (Å²) in [7, 11) is 0. The van der Waals surface area contributed by atoms with Crippen molar-refractivity contribution in [2.75, 3.05) is 23.8 Å². The molecule has 1 aliphatic rings. The van der Waals surface area contributed by atoms with E-state index in [4.69, 9.17) is 15.0 Å². The number of carbonyl (C=O) groups excluding carboxylic acids is 1. The molecule has 6 nitrogen and oxygen atoms in total. The minimum absolute atomic E-state index is 0.129. The van der Waals surface area contributed by atoms with E-state index in [0.717, 1.165) is 5.69 Å². The lowest BCUT2D eigenvalue weighted by atomic mass is 10.2. The quantitative estimate of drug-likeness (QED) is 0.818. The zero-order valence-electron chi connectivity index (χ0n) is 9.50. The van der Waals surface area contributed by atoms with Crippen LogP contribution in [0.15, 0.2) is 34.9 Å². The third-order valence-electron chi connectivity index (χ3n) is 2.71. The minimum Gasteiger partial charge on any atom is -0.490 e. The van der Waals surface area contributed by atoms with Crippen LogP contribution >= 0.6 is 0 Å². The summed E-state index contributed by atoms with van der Waals surface area (Å²) in [5.41, 5.74) is 6.17. The third kappa shape index (κ3) is 1.67. The standard InChI is InChI=1S/C12H11N3O3/c13-11-7-10(18-14-11)12(16)15-5-6-17-9-4-2-1-3-8(9)15/h1-4,7H,5-6H2,(H2,13,14). The van der Waals surface area contributed by atoms with Crippen molar-refractivity contribution in [1.29, 1.82) is 0 Å². The van der Waals surface area contributed by atoms with Crippen molar-refractivity contribution in [3.05, 3.63) is 36.1 Å². The second kappa shape index (κ2) is 4.06. The smallest absolute Gasteiger partial charge is 0.297 e. The lowest BCUT2D eigenvalue weighted by Gasteiger charge is -2.28. The number of nitrogens with zero attached hydrogens (tertiary/aromatic N) is 2. The van der Waals surface area contributed by atoms with Crippen LogP contribution in [0.1, 0.15) is 10.6 Å². The number of anilines is 2. The molecule has 18 heavy (non-hydrogen) atoms. The van der Waals surface area contributed by atoms with Crippen LogP contribution in [-0.2, 0) is 0 Å². The van der Waals surface area contributed by atoms with Gasteiger partial charge in [-0.1, -0.05) is 17.3 Å². The van der Waals surface area contributed by atoms with E-state index in [1.165, 1.54) is 6.07 Å². The second-order valence-corrected chi connectivity index (χ2v) is 3.89. The van der Waals surface area contributed by atoms with Crippen LogP contribution in [0.5, 0.6) is 5.75 Å². The van der Waals surface area contributed by atoms with E-state index in [1.807, 2.05) is 24.3 Å². The van der Waals surface area contributed by atoms with Crippen LogP contribution in [0.4, 0.5) is 11.5 Å². The maximum atomic E-state index is 12.3. The highest BCUT2D eigenvalue weighted by Crippen LogP contribution is 2.31. The molecule has 92 valence electrons. The van der Waals surface area contributed by atoms with E-state index in [0.29, 0.717) is 18.9 Å². The van der Waals surface area contributed by atoms with Crippen LogP contribution < -0.4 is 15.4 Å². The first-order chi connectivity index (χ1) is 8.75. The Kier molecular flexibility index (Phi) is 2.40. The predicted octanol–water partition coefficient (Wildman–Crippen LogP) is 1.30. The van der Waals surface area contributed by atoms with Crippen molar-refractivity contribution in [3.63, 3.8) is 0 Å². The fourth-order valence-corrected chi connectivity index (χ4v) is 1.90. The molecule has 2 aromatic rings. The third-order valence-corrected chi connectivity index (χ3v) is 2.71. The number of nitrogen functional groups attached to an aromatic ring is 1. The van der Waals surface area contributed by atoms with Crippen LogP contribution in [0, 0.1) is 0 Å². The molecule has 0 fully saturated rings. The summed E-state index contributed by atoms with van der Waals surface area (Å²) in [5.74, 6) is 0.739. The number of hydrogen-bond donors (Lipinski definition) is 1. The highest BCUT2D eigenvalue weighted by Gasteiger charge is 2.26. The fourth-order valence-electron chi connectivity index (χ4n) is 1.90. The molecular weight excluding hydrogens is 234 g/mol. The number of benzene rings is 1. The summed E-state index contributed by atoms with van der Waals surface area (Å²) in [4.78, 5) is 13.9. The van der Waals surface area contributed by atoms with Gasteiger partial charge in [0.25, 0.3) is 5.91 Å². The lowest BCUT2D eigenvalue weighted by molar-refractivity contribution is 0.0941. The number of nitrogens with two attached hydrogens (primary N) is 1. The zero-order valence-corrected chi connectivity index (χ0v) is 9.50. The first-order valence-corrected chi connectivity index (χ1v) is 5.51. The number of para-hydroxylation sites is 2. The van der Waals surface area contributed by atoms with Gasteiger partial charge in [-0.05, 0) is 12.1 Å². The number of ether oxygens (including phenoxy) is 1. The summed E-state index contributed by atoms with van der Waals surface area (Å²) >= 11 is 0. The van der Waals surface area contributed by atoms with Gasteiger partial charge in [0.1, 0.15) is 12.4 Å². The molecule has 0 saturated heterocycles. The molecule has 1 amide bonds. The van der Waals surface area contributed by atoms with Gasteiger partial charge in [0.05, 0.1) is 12.2 Å². The number of fused-ring (bicyclic) bond motifs is 1. The van der Waals surface area contributed by atoms with Gasteiger partial charge >= 0.3 is 0 Å². The Morgan fingerprint density at radius 2 is 2.22 bits per heavy atom. The summed E-state index contributed by atoms with van der Waals surface area (Å²) in [6.45, 7) is 0.919. The van der Waals surface area contributed by atoms with Gasteiger partial charge < -0.3 is 15.0 Å². The average Bonchev–Trinajstić information content (AvgIpc) is 2.84. The molecule has 0 radical (unpaired) electrons. The zero-order chi connectivity index (χ0) is 12.5. The molecule has 2 heterocycles. The molecule has 0 spiro atoms. The molecule has 2 N–H and O–H groups in total. The lowest BCUT2D eigenvalue weighted by Crippen LogP contribution is -2.37. The molecule has 0 saturated carbocycles. The van der Waals surface area contributed by atoms with Crippen molar-refractivity contribution in [3.8, 4) is 5.75 Å². The van der Waals surface area contributed by atoms with Gasteiger partial charge in [0.15, 0.2) is 5.82 Å². The van der Waals surface area contributed by atoms with Gasteiger partial charge in [-0.2, -0.15) is 0 Å². The molecule has 3 rings (SSSR count). The summed E-state index contributed by atoms with van der Waals surface area (Å²) in [6.07, 6.45) is 0. The molecule has 0 unspecified atom stereocenters. The number of hydrogen-bond acceptors (Lipinski definition) is 5. The van der Waals surface area contributed by atoms with Crippen LogP contribution in [-0.4, -0.2) is 24.2 Å². The van der Waals surface area contributed by atoms with E-state index < -0.39 is 0 Å². The number of amides is 1. The Morgan fingerprint density at radius 1 is 1.39 bits per heavy atom. The largest absolute Gasteiger partial charge is 0.490 e. The van der Waals surface area contributed by atoms with Crippen molar-refractivity contribution in [2.45, 2.75) is 0 Å². The molecular formula is C12H11N3O3. The monoisotopic (exact) mass is 245 g/mol. The number of carbonyl (C=O) groups is 1. The Hall–Kier alpha value is -2.50. The van der Waals surface area contributed by atoms with E-state index in [9.17, 15) is 4.79 Å². The molecule has 0 atom stereocenters. The van der Waals surface area contributed by atoms with E-state index in [1.54, 1.807) is 4.90 Å². The number of rotatable bonds is 1. The van der Waals surface area contributed by atoms with Gasteiger partial charge in [0, 0.05) is 6.07 Å². The highest BCUT2D eigenvalue weighted by molar-refractivity contribution is 6.05. The van der Waals surface area contributed by atoms with Crippen LogP contribution in [0.2, 0.25) is 0 Å². The van der Waals surface area contributed by atoms with E-state index in [2.05, 4.69) is 5.16 Å². The highest BCUT2D eigenvalue weighted by atomic mass is 16.5. The summed E-state index contributed by atoms with van der Waals surface area (Å²) in [6, 6.07) is 8.78. The number of aromatic nitrogens is 1. The summed E-state index contributed by atoms with van der Waals surface area (Å²) < 4.78 is 10.4. The van der Waals surface area contributed by atoms with E-state index >= 15 is 0 Å². The molecule has 1 aromatic carbocycles. The molecule has 1 aliphatic heterocycles. The topological polar surface area (TPSA) is 81.6 Å². The second-order valence-electron chi connectivity index (χ2n) is 3.89. The van der Waals surface area contributed by atoms with E-state index in [-0.39, 0.29) is 17.5 Å². The molecule has 1 aromatic heterocycles. The van der Waals surface area contributed by atoms with Crippen molar-refractivity contribution < 1.29 is 14.1 Å². The average molecular weight is 245 g/mol. The minimum atomic E-state index is -0.269. The molecule has 0 aliphatic carbocycles. The normalized spacial score (nSPS) is 13.9. The van der Waals surface area contributed by atoms with Gasteiger partial charge in [-0.3, -0.25) is 9.69 Å². The SMILES string of the molecule is Nc1cc(C(=O)N2CCOc3ccccc32)on1. The molecule has 6 heteroatoms. The van der Waals surface area contributed by atoms with Gasteiger partial charge in [0.2, 0.25) is 5.76 Å². The maximum absolute atomic E-state index is 12.3. The van der Waals surface area contributed by atoms with Crippen molar-refractivity contribution in [2.24, 2.45) is 0 Å². The van der Waals surface area contributed by atoms with Crippen molar-refractivity contribution >= 4 is 17.4 Å². The Bertz CT molecular complexity index is 594. The Morgan fingerprint density at radius 3 is 3.00 bits per heavy atom. The van der Waals surface area contributed by atoms with Crippen LogP contribution in [0.25, 0.3) is 0 Å². The maximum Gasteiger partial charge on any atom is 0.297 e. The first kappa shape index (κ1) is 10.6.